The number of aryl methyl sites for hydroxylation is 1. The zero-order chi connectivity index (χ0) is 9.64. The van der Waals surface area contributed by atoms with E-state index in [1.807, 2.05) is 12.1 Å². The van der Waals surface area contributed by atoms with Gasteiger partial charge in [0.2, 0.25) is 0 Å². The van der Waals surface area contributed by atoms with E-state index in [4.69, 9.17) is 0 Å². The van der Waals surface area contributed by atoms with Crippen molar-refractivity contribution in [3.05, 3.63) is 66.1 Å². The average Bonchev–Trinajstić information content (AvgIpc) is 2.29. The van der Waals surface area contributed by atoms with Crippen LogP contribution in [-0.4, -0.2) is 0 Å². The monoisotopic (exact) mass is 342 g/mol. The fourth-order valence-electron chi connectivity index (χ4n) is 1.62. The Balaban J connectivity index is 0. The Morgan fingerprint density at radius 2 is 2.00 bits per heavy atom. The van der Waals surface area contributed by atoms with Gasteiger partial charge in [0.25, 0.3) is 0 Å². The molecule has 0 unspecified atom stereocenters. The summed E-state index contributed by atoms with van der Waals surface area (Å²) < 4.78 is 0. The van der Waals surface area contributed by atoms with E-state index in [0.717, 1.165) is 19.3 Å². The molecule has 0 atom stereocenters. The van der Waals surface area contributed by atoms with Gasteiger partial charge in [-0.1, -0.05) is 19.3 Å². The standard InChI is InChI=1S/C14H14.2ClH.Zr/c1-3-7-13(8-4-1)11-12-14-9-5-2-6-10-14;;;/h1-7,9H,8,11-12H2;2*1H;/q-2;;;+4/p-2. The molecule has 1 aliphatic rings. The van der Waals surface area contributed by atoms with Gasteiger partial charge in [0, 0.05) is 0 Å². The Labute approximate surface area is 136 Å². The summed E-state index contributed by atoms with van der Waals surface area (Å²) in [5, 5.41) is 0. The van der Waals surface area contributed by atoms with Crippen LogP contribution in [0, 0.1) is 12.0 Å². The Hall–Kier alpha value is 0.0331. The second-order valence-electron chi connectivity index (χ2n) is 3.54. The van der Waals surface area contributed by atoms with E-state index in [0.29, 0.717) is 0 Å². The molecule has 0 heterocycles. The number of allylic oxidation sites excluding steroid dienone is 4. The molecule has 0 nitrogen and oxygen atoms in total. The van der Waals surface area contributed by atoms with Gasteiger partial charge in [-0.2, -0.15) is 35.9 Å². The number of hydrogen-bond donors (Lipinski definition) is 0. The van der Waals surface area contributed by atoms with Crippen LogP contribution in [0.3, 0.4) is 0 Å². The van der Waals surface area contributed by atoms with Crippen LogP contribution in [0.5, 0.6) is 0 Å². The fraction of sp³-hybridized carbons (Fsp3) is 0.214. The molecular formula is C14H14Cl2Zr. The first-order chi connectivity index (χ1) is 6.95. The van der Waals surface area contributed by atoms with Crippen LogP contribution >= 0.6 is 0 Å². The van der Waals surface area contributed by atoms with Crippen molar-refractivity contribution in [1.29, 1.82) is 0 Å². The molecule has 0 bridgehead atoms. The van der Waals surface area contributed by atoms with Crippen molar-refractivity contribution in [1.82, 2.24) is 0 Å². The summed E-state index contributed by atoms with van der Waals surface area (Å²) in [5.41, 5.74) is 1.31. The van der Waals surface area contributed by atoms with E-state index in [-0.39, 0.29) is 51.0 Å². The van der Waals surface area contributed by atoms with Crippen LogP contribution in [0.2, 0.25) is 0 Å². The summed E-state index contributed by atoms with van der Waals surface area (Å²) in [6.07, 6.45) is 12.0. The molecule has 0 saturated carbocycles. The Kier molecular flexibility index (Phi) is 12.7. The van der Waals surface area contributed by atoms with Crippen molar-refractivity contribution in [3.63, 3.8) is 0 Å². The topological polar surface area (TPSA) is 0 Å². The molecule has 0 amide bonds. The van der Waals surface area contributed by atoms with Crippen LogP contribution in [0.25, 0.3) is 0 Å². The second kappa shape index (κ2) is 11.1. The van der Waals surface area contributed by atoms with E-state index < -0.39 is 0 Å². The van der Waals surface area contributed by atoms with Crippen molar-refractivity contribution in [3.8, 4) is 0 Å². The van der Waals surface area contributed by atoms with Gasteiger partial charge in [-0.05, 0) is 0 Å². The van der Waals surface area contributed by atoms with Gasteiger partial charge >= 0.3 is 26.2 Å². The molecule has 0 aliphatic heterocycles. The third-order valence-corrected chi connectivity index (χ3v) is 2.45. The molecule has 2 rings (SSSR count). The van der Waals surface area contributed by atoms with E-state index in [9.17, 15) is 0 Å². The Morgan fingerprint density at radius 3 is 2.59 bits per heavy atom. The largest absolute Gasteiger partial charge is 4.00 e. The molecule has 0 aromatic heterocycles. The molecule has 0 radical (unpaired) electrons. The van der Waals surface area contributed by atoms with Gasteiger partial charge in [0.1, 0.15) is 0 Å². The number of rotatable bonds is 3. The van der Waals surface area contributed by atoms with Crippen LogP contribution in [0.1, 0.15) is 18.4 Å². The molecule has 0 spiro atoms. The summed E-state index contributed by atoms with van der Waals surface area (Å²) in [6.45, 7) is 0. The minimum Gasteiger partial charge on any atom is -1.00 e. The van der Waals surface area contributed by atoms with Crippen molar-refractivity contribution < 1.29 is 51.0 Å². The van der Waals surface area contributed by atoms with Crippen molar-refractivity contribution in [2.45, 2.75) is 19.3 Å². The third-order valence-electron chi connectivity index (χ3n) is 2.45. The molecule has 88 valence electrons. The first-order valence-electron chi connectivity index (χ1n) is 5.08. The predicted octanol–water partition coefficient (Wildman–Crippen LogP) is -2.48. The molecule has 0 fully saturated rings. The van der Waals surface area contributed by atoms with Crippen molar-refractivity contribution in [2.24, 2.45) is 0 Å². The van der Waals surface area contributed by atoms with Crippen LogP contribution in [-0.2, 0) is 32.6 Å². The van der Waals surface area contributed by atoms with Gasteiger partial charge in [0.05, 0.1) is 0 Å². The summed E-state index contributed by atoms with van der Waals surface area (Å²) in [4.78, 5) is 0. The molecule has 17 heavy (non-hydrogen) atoms. The van der Waals surface area contributed by atoms with Gasteiger partial charge in [-0.3, -0.25) is 0 Å². The minimum absolute atomic E-state index is 0. The summed E-state index contributed by atoms with van der Waals surface area (Å²) in [6, 6.07) is 11.5. The normalized spacial score (nSPS) is 12.1. The molecular weight excluding hydrogens is 330 g/mol. The molecule has 3 heteroatoms. The first-order valence-corrected chi connectivity index (χ1v) is 5.08. The first kappa shape index (κ1) is 19.4. The molecule has 1 aromatic rings. The summed E-state index contributed by atoms with van der Waals surface area (Å²) in [7, 11) is 0. The maximum Gasteiger partial charge on any atom is 4.00 e. The van der Waals surface area contributed by atoms with Crippen LogP contribution in [0.15, 0.2) is 48.6 Å². The predicted molar refractivity (Wildman–Crippen MR) is 59.7 cm³/mol. The summed E-state index contributed by atoms with van der Waals surface area (Å²) in [5.74, 6) is 1.52. The molecule has 0 saturated heterocycles. The van der Waals surface area contributed by atoms with Gasteiger partial charge in [-0.15, -0.1) is 12.2 Å². The van der Waals surface area contributed by atoms with E-state index in [1.165, 1.54) is 11.5 Å². The quantitative estimate of drug-likeness (QED) is 0.533. The van der Waals surface area contributed by atoms with E-state index in [1.54, 1.807) is 0 Å². The number of hydrogen-bond acceptors (Lipinski definition) is 0. The Bertz CT molecular complexity index is 333. The molecule has 0 N–H and O–H groups in total. The Morgan fingerprint density at radius 1 is 1.18 bits per heavy atom. The zero-order valence-corrected chi connectivity index (χ0v) is 13.5. The van der Waals surface area contributed by atoms with Gasteiger partial charge in [-0.25, -0.2) is 18.1 Å². The number of halogens is 2. The summed E-state index contributed by atoms with van der Waals surface area (Å²) >= 11 is 0. The van der Waals surface area contributed by atoms with Gasteiger partial charge < -0.3 is 24.8 Å². The maximum atomic E-state index is 3.25. The van der Waals surface area contributed by atoms with Crippen LogP contribution in [0.4, 0.5) is 0 Å². The van der Waals surface area contributed by atoms with Crippen LogP contribution < -0.4 is 24.8 Å². The second-order valence-corrected chi connectivity index (χ2v) is 3.54. The van der Waals surface area contributed by atoms with Crippen molar-refractivity contribution >= 4 is 0 Å². The minimum atomic E-state index is 0. The fourth-order valence-corrected chi connectivity index (χ4v) is 1.62. The van der Waals surface area contributed by atoms with E-state index >= 15 is 0 Å². The molecule has 1 aliphatic carbocycles. The number of benzene rings is 1. The smallest absolute Gasteiger partial charge is 1.00 e. The zero-order valence-electron chi connectivity index (χ0n) is 9.50. The maximum absolute atomic E-state index is 3.25. The average molecular weight is 344 g/mol. The SMILES string of the molecule is [Cl-].[Cl-].[Zr+4].[c-]1ccccc1CC[C-]1C=CC=CC1. The van der Waals surface area contributed by atoms with Gasteiger partial charge in [0.15, 0.2) is 0 Å². The van der Waals surface area contributed by atoms with E-state index in [2.05, 4.69) is 42.5 Å². The molecule has 1 aromatic carbocycles. The van der Waals surface area contributed by atoms with Crippen molar-refractivity contribution in [2.75, 3.05) is 0 Å². The third kappa shape index (κ3) is 7.14.